The van der Waals surface area contributed by atoms with Gasteiger partial charge in [-0.3, -0.25) is 0 Å². The van der Waals surface area contributed by atoms with E-state index in [-0.39, 0.29) is 46.5 Å². The molecule has 1 rings (SSSR count). The molecule has 0 saturated heterocycles. The second-order valence-corrected chi connectivity index (χ2v) is 3.93. The molecule has 0 spiro atoms. The molecule has 0 fully saturated rings. The molecule has 3 heteroatoms. The second-order valence-electron chi connectivity index (χ2n) is 3.93. The minimum atomic E-state index is 0. The molecule has 1 aromatic rings. The van der Waals surface area contributed by atoms with Gasteiger partial charge in [0.05, 0.1) is 0 Å². The van der Waals surface area contributed by atoms with Crippen LogP contribution >= 0.6 is 0 Å². The van der Waals surface area contributed by atoms with Gasteiger partial charge in [-0.2, -0.15) is 23.3 Å². The fraction of sp³-hybridized carbons (Fsp3) is 0.500. The quantitative estimate of drug-likeness (QED) is 0.342. The van der Waals surface area contributed by atoms with E-state index in [1.54, 1.807) is 0 Å². The van der Waals surface area contributed by atoms with E-state index in [0.29, 0.717) is 5.41 Å². The molecule has 0 atom stereocenters. The van der Waals surface area contributed by atoms with Gasteiger partial charge in [-0.05, 0) is 0 Å². The van der Waals surface area contributed by atoms with Gasteiger partial charge in [-0.1, -0.05) is 33.1 Å². The SMILES string of the molecule is Cc1cc(C(C)(C)C)c[cH-]1.[Cl-].[Cl-].[Ti+3]. The van der Waals surface area contributed by atoms with Crippen LogP contribution in [0.15, 0.2) is 18.2 Å². The number of rotatable bonds is 0. The predicted octanol–water partition coefficient (Wildman–Crippen LogP) is -2.98. The molecule has 0 saturated carbocycles. The van der Waals surface area contributed by atoms with Gasteiger partial charge in [0.2, 0.25) is 0 Å². The van der Waals surface area contributed by atoms with Crippen LogP contribution < -0.4 is 24.8 Å². The minimum Gasteiger partial charge on any atom is -1.00 e. The van der Waals surface area contributed by atoms with Crippen LogP contribution in [0.4, 0.5) is 0 Å². The van der Waals surface area contributed by atoms with E-state index in [4.69, 9.17) is 0 Å². The van der Waals surface area contributed by atoms with E-state index < -0.39 is 0 Å². The van der Waals surface area contributed by atoms with Gasteiger partial charge in [0.15, 0.2) is 0 Å². The molecule has 0 nitrogen and oxygen atoms in total. The molecule has 0 aromatic heterocycles. The third-order valence-corrected chi connectivity index (χ3v) is 1.77. The first-order valence-corrected chi connectivity index (χ1v) is 3.74. The summed E-state index contributed by atoms with van der Waals surface area (Å²) in [5.74, 6) is 0. The van der Waals surface area contributed by atoms with Crippen molar-refractivity contribution in [3.05, 3.63) is 29.3 Å². The molecule has 1 radical (unpaired) electrons. The van der Waals surface area contributed by atoms with Crippen LogP contribution in [0, 0.1) is 6.92 Å². The normalized spacial score (nSPS) is 9.23. The number of hydrogen-bond donors (Lipinski definition) is 0. The zero-order valence-corrected chi connectivity index (χ0v) is 11.6. The summed E-state index contributed by atoms with van der Waals surface area (Å²) in [6.07, 6.45) is 0. The van der Waals surface area contributed by atoms with Crippen LogP contribution in [0.1, 0.15) is 31.9 Å². The van der Waals surface area contributed by atoms with Crippen LogP contribution in [0.3, 0.4) is 0 Å². The van der Waals surface area contributed by atoms with Crippen LogP contribution in [0.25, 0.3) is 0 Å². The summed E-state index contributed by atoms with van der Waals surface area (Å²) in [5, 5.41) is 0. The predicted molar refractivity (Wildman–Crippen MR) is 45.5 cm³/mol. The van der Waals surface area contributed by atoms with Crippen LogP contribution in [0.2, 0.25) is 0 Å². The Kier molecular flexibility index (Phi) is 10.4. The van der Waals surface area contributed by atoms with Crippen molar-refractivity contribution in [3.8, 4) is 0 Å². The van der Waals surface area contributed by atoms with Crippen molar-refractivity contribution in [2.45, 2.75) is 33.1 Å². The monoisotopic (exact) mass is 253 g/mol. The Morgan fingerprint density at radius 3 is 1.77 bits per heavy atom. The first-order chi connectivity index (χ1) is 4.50. The molecule has 0 amide bonds. The average Bonchev–Trinajstić information content (AvgIpc) is 2.11. The van der Waals surface area contributed by atoms with E-state index in [1.165, 1.54) is 11.1 Å². The summed E-state index contributed by atoms with van der Waals surface area (Å²) in [4.78, 5) is 0. The van der Waals surface area contributed by atoms with Crippen molar-refractivity contribution < 1.29 is 46.5 Å². The van der Waals surface area contributed by atoms with E-state index in [2.05, 4.69) is 45.9 Å². The van der Waals surface area contributed by atoms with Crippen molar-refractivity contribution in [3.63, 3.8) is 0 Å². The Labute approximate surface area is 109 Å². The molecular weight excluding hydrogens is 239 g/mol. The van der Waals surface area contributed by atoms with E-state index in [0.717, 1.165) is 0 Å². The van der Waals surface area contributed by atoms with E-state index in [9.17, 15) is 0 Å². The molecule has 73 valence electrons. The van der Waals surface area contributed by atoms with Gasteiger partial charge >= 0.3 is 21.7 Å². The largest absolute Gasteiger partial charge is 3.00 e. The first kappa shape index (κ1) is 19.3. The van der Waals surface area contributed by atoms with Gasteiger partial charge in [-0.25, -0.2) is 6.07 Å². The molecule has 13 heavy (non-hydrogen) atoms. The Hall–Kier alpha value is 0.644. The Morgan fingerprint density at radius 2 is 1.62 bits per heavy atom. The summed E-state index contributed by atoms with van der Waals surface area (Å²) >= 11 is 0. The fourth-order valence-corrected chi connectivity index (χ4v) is 1.03. The molecule has 0 bridgehead atoms. The standard InChI is InChI=1S/C10H15.2ClH.Ti/c1-8-5-6-9(7-8)10(2,3)4;;;/h5-7H,1-4H3;2*1H;/q-1;;;+3/p-2. The third kappa shape index (κ3) is 5.85. The summed E-state index contributed by atoms with van der Waals surface area (Å²) in [5.41, 5.74) is 3.11. The molecular formula is C10H15Cl2Ti. The minimum absolute atomic E-state index is 0. The van der Waals surface area contributed by atoms with Crippen molar-refractivity contribution in [1.82, 2.24) is 0 Å². The first-order valence-electron chi connectivity index (χ1n) is 3.74. The van der Waals surface area contributed by atoms with E-state index >= 15 is 0 Å². The number of halogens is 2. The Balaban J connectivity index is -0.000000333. The summed E-state index contributed by atoms with van der Waals surface area (Å²) in [6.45, 7) is 8.85. The van der Waals surface area contributed by atoms with Crippen LogP contribution in [-0.2, 0) is 27.1 Å². The smallest absolute Gasteiger partial charge is 1.00 e. The number of aryl methyl sites for hydroxylation is 1. The van der Waals surface area contributed by atoms with Gasteiger partial charge in [0.1, 0.15) is 0 Å². The topological polar surface area (TPSA) is 0 Å². The van der Waals surface area contributed by atoms with Crippen LogP contribution in [-0.4, -0.2) is 0 Å². The van der Waals surface area contributed by atoms with Gasteiger partial charge in [-0.15, -0.1) is 0 Å². The maximum absolute atomic E-state index is 2.25. The van der Waals surface area contributed by atoms with Crippen molar-refractivity contribution in [1.29, 1.82) is 0 Å². The average molecular weight is 254 g/mol. The molecule has 0 N–H and O–H groups in total. The Bertz CT molecular complexity index is 223. The summed E-state index contributed by atoms with van der Waals surface area (Å²) in [7, 11) is 0. The third-order valence-electron chi connectivity index (χ3n) is 1.77. The number of hydrogen-bond acceptors (Lipinski definition) is 0. The van der Waals surface area contributed by atoms with Crippen LogP contribution in [0.5, 0.6) is 0 Å². The molecule has 1 aromatic carbocycles. The molecule has 0 aliphatic rings. The maximum atomic E-state index is 2.25. The maximum Gasteiger partial charge on any atom is 3.00 e. The molecule has 0 aliphatic heterocycles. The second kappa shape index (κ2) is 7.01. The zero-order chi connectivity index (χ0) is 7.78. The Morgan fingerprint density at radius 1 is 1.15 bits per heavy atom. The summed E-state index contributed by atoms with van der Waals surface area (Å²) in [6, 6.07) is 6.62. The van der Waals surface area contributed by atoms with E-state index in [1.807, 2.05) is 0 Å². The summed E-state index contributed by atoms with van der Waals surface area (Å²) < 4.78 is 0. The molecule has 0 aliphatic carbocycles. The van der Waals surface area contributed by atoms with Gasteiger partial charge in [0.25, 0.3) is 0 Å². The molecule has 0 unspecified atom stereocenters. The van der Waals surface area contributed by atoms with Gasteiger partial charge in [0, 0.05) is 0 Å². The van der Waals surface area contributed by atoms with Crippen molar-refractivity contribution in [2.24, 2.45) is 0 Å². The van der Waals surface area contributed by atoms with Crippen molar-refractivity contribution >= 4 is 0 Å². The van der Waals surface area contributed by atoms with Crippen molar-refractivity contribution in [2.75, 3.05) is 0 Å². The zero-order valence-electron chi connectivity index (χ0n) is 8.49. The van der Waals surface area contributed by atoms with Gasteiger partial charge < -0.3 is 24.8 Å². The molecule has 0 heterocycles. The fourth-order valence-electron chi connectivity index (χ4n) is 1.03.